The molecule has 4 heteroatoms. The zero-order valence-electron chi connectivity index (χ0n) is 8.28. The summed E-state index contributed by atoms with van der Waals surface area (Å²) < 4.78 is 36.4. The van der Waals surface area contributed by atoms with Crippen molar-refractivity contribution in [2.45, 2.75) is 38.9 Å². The van der Waals surface area contributed by atoms with Gasteiger partial charge in [-0.1, -0.05) is 6.92 Å². The normalized spacial score (nSPS) is 21.7. The Hall–Kier alpha value is -0.250. The van der Waals surface area contributed by atoms with E-state index in [1.54, 1.807) is 0 Å². The van der Waals surface area contributed by atoms with Gasteiger partial charge in [0.1, 0.15) is 0 Å². The molecule has 0 aromatic carbocycles. The molecule has 0 aliphatic carbocycles. The van der Waals surface area contributed by atoms with E-state index >= 15 is 0 Å². The molecule has 13 heavy (non-hydrogen) atoms. The van der Waals surface area contributed by atoms with Crippen LogP contribution in [0.1, 0.15) is 27.2 Å². The van der Waals surface area contributed by atoms with Gasteiger partial charge in [0, 0.05) is 18.6 Å². The van der Waals surface area contributed by atoms with Crippen molar-refractivity contribution in [1.82, 2.24) is 4.90 Å². The van der Waals surface area contributed by atoms with Gasteiger partial charge in [0.15, 0.2) is 0 Å². The lowest BCUT2D eigenvalue weighted by Crippen LogP contribution is -2.60. The highest BCUT2D eigenvalue weighted by Crippen LogP contribution is 2.37. The predicted molar refractivity (Wildman–Crippen MR) is 45.5 cm³/mol. The third-order valence-electron chi connectivity index (χ3n) is 3.07. The van der Waals surface area contributed by atoms with Crippen LogP contribution in [0.2, 0.25) is 0 Å². The highest BCUT2D eigenvalue weighted by Gasteiger charge is 2.49. The fourth-order valence-electron chi connectivity index (χ4n) is 1.40. The zero-order chi connectivity index (χ0) is 10.3. The first-order valence-corrected chi connectivity index (χ1v) is 4.59. The molecular formula is C9H16F3N. The number of hydrogen-bond donors (Lipinski definition) is 0. The van der Waals surface area contributed by atoms with Crippen LogP contribution in [-0.2, 0) is 0 Å². The Labute approximate surface area is 76.9 Å². The van der Waals surface area contributed by atoms with Crippen LogP contribution in [0, 0.1) is 5.92 Å². The molecule has 0 unspecified atom stereocenters. The molecule has 0 spiro atoms. The summed E-state index contributed by atoms with van der Waals surface area (Å²) in [6, 6.07) is 0. The number of hydrogen-bond acceptors (Lipinski definition) is 1. The molecule has 0 amide bonds. The molecule has 78 valence electrons. The van der Waals surface area contributed by atoms with Crippen LogP contribution < -0.4 is 0 Å². The standard InChI is InChI=1S/C9H16F3N/c1-4-8(2,3)13-5-7(6-13)9(10,11)12/h7H,4-6H2,1-3H3. The number of alkyl halides is 3. The van der Waals surface area contributed by atoms with Crippen molar-refractivity contribution in [3.63, 3.8) is 0 Å². The number of halogens is 3. The Morgan fingerprint density at radius 1 is 1.23 bits per heavy atom. The number of rotatable bonds is 2. The van der Waals surface area contributed by atoms with Gasteiger partial charge in [-0.15, -0.1) is 0 Å². The average molecular weight is 195 g/mol. The Morgan fingerprint density at radius 3 is 2.00 bits per heavy atom. The SMILES string of the molecule is CCC(C)(C)N1CC(C(F)(F)F)C1. The van der Waals surface area contributed by atoms with Crippen LogP contribution in [0.5, 0.6) is 0 Å². The number of nitrogens with zero attached hydrogens (tertiary/aromatic N) is 1. The van der Waals surface area contributed by atoms with Crippen LogP contribution in [0.15, 0.2) is 0 Å². The lowest BCUT2D eigenvalue weighted by Gasteiger charge is -2.49. The van der Waals surface area contributed by atoms with Crippen molar-refractivity contribution >= 4 is 0 Å². The summed E-state index contributed by atoms with van der Waals surface area (Å²) in [6.07, 6.45) is -3.11. The van der Waals surface area contributed by atoms with Gasteiger partial charge < -0.3 is 0 Å². The van der Waals surface area contributed by atoms with Gasteiger partial charge in [0.25, 0.3) is 0 Å². The maximum Gasteiger partial charge on any atom is 0.394 e. The molecule has 0 aromatic rings. The van der Waals surface area contributed by atoms with Gasteiger partial charge in [0.05, 0.1) is 5.92 Å². The maximum atomic E-state index is 12.1. The van der Waals surface area contributed by atoms with Crippen molar-refractivity contribution in [3.8, 4) is 0 Å². The van der Waals surface area contributed by atoms with Crippen molar-refractivity contribution in [1.29, 1.82) is 0 Å². The highest BCUT2D eigenvalue weighted by molar-refractivity contribution is 4.93. The van der Waals surface area contributed by atoms with Gasteiger partial charge >= 0.3 is 6.18 Å². The predicted octanol–water partition coefficient (Wildman–Crippen LogP) is 2.67. The van der Waals surface area contributed by atoms with Crippen molar-refractivity contribution in [2.24, 2.45) is 5.92 Å². The van der Waals surface area contributed by atoms with E-state index < -0.39 is 12.1 Å². The fraction of sp³-hybridized carbons (Fsp3) is 1.00. The van der Waals surface area contributed by atoms with Crippen LogP contribution in [0.4, 0.5) is 13.2 Å². The summed E-state index contributed by atoms with van der Waals surface area (Å²) in [5.74, 6) is -1.10. The first-order valence-electron chi connectivity index (χ1n) is 4.59. The highest BCUT2D eigenvalue weighted by atomic mass is 19.4. The Morgan fingerprint density at radius 2 is 1.69 bits per heavy atom. The van der Waals surface area contributed by atoms with E-state index in [1.165, 1.54) is 0 Å². The second-order valence-electron chi connectivity index (χ2n) is 4.31. The molecule has 1 saturated heterocycles. The molecule has 1 aliphatic heterocycles. The van der Waals surface area contributed by atoms with Gasteiger partial charge in [-0.3, -0.25) is 4.90 Å². The van der Waals surface area contributed by atoms with Gasteiger partial charge in [-0.25, -0.2) is 0 Å². The molecule has 1 fully saturated rings. The topological polar surface area (TPSA) is 3.24 Å². The van der Waals surface area contributed by atoms with Crippen LogP contribution in [0.25, 0.3) is 0 Å². The Kier molecular flexibility index (Phi) is 2.63. The molecule has 1 rings (SSSR count). The van der Waals surface area contributed by atoms with Crippen LogP contribution in [-0.4, -0.2) is 29.7 Å². The van der Waals surface area contributed by atoms with E-state index in [4.69, 9.17) is 0 Å². The molecule has 0 bridgehead atoms. The summed E-state index contributed by atoms with van der Waals surface area (Å²) in [4.78, 5) is 1.89. The molecule has 0 atom stereocenters. The van der Waals surface area contributed by atoms with Gasteiger partial charge in [-0.2, -0.15) is 13.2 Å². The maximum absolute atomic E-state index is 12.1. The third kappa shape index (κ3) is 2.16. The minimum Gasteiger partial charge on any atom is -0.297 e. The summed E-state index contributed by atoms with van der Waals surface area (Å²) in [6.45, 7) is 6.31. The first-order chi connectivity index (χ1) is 5.77. The summed E-state index contributed by atoms with van der Waals surface area (Å²) in [5.41, 5.74) is -0.0816. The lowest BCUT2D eigenvalue weighted by atomic mass is 9.89. The summed E-state index contributed by atoms with van der Waals surface area (Å²) >= 11 is 0. The van der Waals surface area contributed by atoms with E-state index in [1.807, 2.05) is 25.7 Å². The molecule has 1 nitrogen and oxygen atoms in total. The molecule has 1 heterocycles. The molecular weight excluding hydrogens is 179 g/mol. The van der Waals surface area contributed by atoms with Crippen molar-refractivity contribution < 1.29 is 13.2 Å². The third-order valence-corrected chi connectivity index (χ3v) is 3.07. The second-order valence-corrected chi connectivity index (χ2v) is 4.31. The summed E-state index contributed by atoms with van der Waals surface area (Å²) in [7, 11) is 0. The fourth-order valence-corrected chi connectivity index (χ4v) is 1.40. The molecule has 0 N–H and O–H groups in total. The van der Waals surface area contributed by atoms with Crippen molar-refractivity contribution in [3.05, 3.63) is 0 Å². The van der Waals surface area contributed by atoms with Gasteiger partial charge in [0.2, 0.25) is 0 Å². The Balaban J connectivity index is 2.42. The largest absolute Gasteiger partial charge is 0.394 e. The van der Waals surface area contributed by atoms with Crippen LogP contribution >= 0.6 is 0 Å². The number of likely N-dealkylation sites (tertiary alicyclic amines) is 1. The first kappa shape index (κ1) is 10.8. The quantitative estimate of drug-likeness (QED) is 0.654. The minimum absolute atomic E-state index is 0.0816. The molecule has 0 radical (unpaired) electrons. The van der Waals surface area contributed by atoms with Crippen LogP contribution in [0.3, 0.4) is 0 Å². The average Bonchev–Trinajstić information content (AvgIpc) is 1.79. The monoisotopic (exact) mass is 195 g/mol. The Bertz CT molecular complexity index is 180. The van der Waals surface area contributed by atoms with E-state index in [9.17, 15) is 13.2 Å². The van der Waals surface area contributed by atoms with Crippen molar-refractivity contribution in [2.75, 3.05) is 13.1 Å². The van der Waals surface area contributed by atoms with E-state index in [0.717, 1.165) is 6.42 Å². The molecule has 0 saturated carbocycles. The molecule has 1 aliphatic rings. The zero-order valence-corrected chi connectivity index (χ0v) is 8.28. The van der Waals surface area contributed by atoms with E-state index in [0.29, 0.717) is 0 Å². The molecule has 0 aromatic heterocycles. The van der Waals surface area contributed by atoms with Gasteiger partial charge in [-0.05, 0) is 20.3 Å². The summed E-state index contributed by atoms with van der Waals surface area (Å²) in [5, 5.41) is 0. The second kappa shape index (κ2) is 3.15. The smallest absolute Gasteiger partial charge is 0.297 e. The van der Waals surface area contributed by atoms with E-state index in [-0.39, 0.29) is 18.6 Å². The minimum atomic E-state index is -4.00. The van der Waals surface area contributed by atoms with E-state index in [2.05, 4.69) is 0 Å². The lowest BCUT2D eigenvalue weighted by molar-refractivity contribution is -0.220.